The highest BCUT2D eigenvalue weighted by Gasteiger charge is 2.14. The van der Waals surface area contributed by atoms with Gasteiger partial charge < -0.3 is 16.2 Å². The Hall–Kier alpha value is -2.25. The average Bonchev–Trinajstić information content (AvgIpc) is 2.88. The third kappa shape index (κ3) is 4.12. The molecule has 0 saturated heterocycles. The lowest BCUT2D eigenvalue weighted by molar-refractivity contribution is -0.115. The SMILES string of the molecule is Cc1ccc(NC(=O)Cc2csc(CCN)n2)c(C(=O)O)c1. The van der Waals surface area contributed by atoms with Crippen LogP contribution in [0.1, 0.15) is 26.6 Å². The molecule has 0 radical (unpaired) electrons. The van der Waals surface area contributed by atoms with Crippen LogP contribution in [-0.4, -0.2) is 28.5 Å². The summed E-state index contributed by atoms with van der Waals surface area (Å²) < 4.78 is 0. The van der Waals surface area contributed by atoms with E-state index < -0.39 is 5.97 Å². The molecule has 0 unspecified atom stereocenters. The standard InChI is InChI=1S/C15H17N3O3S/c1-9-2-3-12(11(6-9)15(20)21)18-13(19)7-10-8-22-14(17-10)4-5-16/h2-3,6,8H,4-5,7,16H2,1H3,(H,18,19)(H,20,21). The molecule has 0 saturated carbocycles. The number of nitrogens with zero attached hydrogens (tertiary/aromatic N) is 1. The Labute approximate surface area is 132 Å². The lowest BCUT2D eigenvalue weighted by Gasteiger charge is -2.08. The fourth-order valence-electron chi connectivity index (χ4n) is 1.97. The van der Waals surface area contributed by atoms with Gasteiger partial charge >= 0.3 is 5.97 Å². The highest BCUT2D eigenvalue weighted by Crippen LogP contribution is 2.18. The molecule has 0 bridgehead atoms. The molecule has 0 spiro atoms. The summed E-state index contributed by atoms with van der Waals surface area (Å²) in [7, 11) is 0. The van der Waals surface area contributed by atoms with E-state index >= 15 is 0 Å². The molecule has 0 atom stereocenters. The maximum atomic E-state index is 12.0. The van der Waals surface area contributed by atoms with E-state index in [0.29, 0.717) is 24.3 Å². The first-order valence-corrected chi connectivity index (χ1v) is 7.64. The van der Waals surface area contributed by atoms with E-state index in [1.165, 1.54) is 17.4 Å². The summed E-state index contributed by atoms with van der Waals surface area (Å²) in [6, 6.07) is 4.88. The van der Waals surface area contributed by atoms with Crippen LogP contribution in [0, 0.1) is 6.92 Å². The zero-order chi connectivity index (χ0) is 16.1. The van der Waals surface area contributed by atoms with E-state index in [-0.39, 0.29) is 17.9 Å². The summed E-state index contributed by atoms with van der Waals surface area (Å²) >= 11 is 1.47. The normalized spacial score (nSPS) is 10.5. The number of aryl methyl sites for hydroxylation is 1. The Bertz CT molecular complexity index is 697. The van der Waals surface area contributed by atoms with Crippen molar-refractivity contribution in [2.24, 2.45) is 5.73 Å². The molecular formula is C15H17N3O3S. The predicted molar refractivity (Wildman–Crippen MR) is 85.3 cm³/mol. The molecule has 7 heteroatoms. The highest BCUT2D eigenvalue weighted by molar-refractivity contribution is 7.09. The van der Waals surface area contributed by atoms with Crippen molar-refractivity contribution in [2.75, 3.05) is 11.9 Å². The summed E-state index contributed by atoms with van der Waals surface area (Å²) in [5.74, 6) is -1.37. The number of nitrogens with two attached hydrogens (primary N) is 1. The van der Waals surface area contributed by atoms with E-state index in [2.05, 4.69) is 10.3 Å². The number of thiazole rings is 1. The first-order valence-electron chi connectivity index (χ1n) is 6.76. The highest BCUT2D eigenvalue weighted by atomic mass is 32.1. The van der Waals surface area contributed by atoms with Crippen LogP contribution < -0.4 is 11.1 Å². The molecule has 1 aromatic carbocycles. The van der Waals surface area contributed by atoms with Gasteiger partial charge in [0.25, 0.3) is 0 Å². The van der Waals surface area contributed by atoms with Gasteiger partial charge in [0.1, 0.15) is 0 Å². The number of rotatable bonds is 6. The number of aromatic nitrogens is 1. The molecule has 0 aliphatic carbocycles. The molecule has 2 rings (SSSR count). The van der Waals surface area contributed by atoms with Crippen molar-refractivity contribution in [1.29, 1.82) is 0 Å². The van der Waals surface area contributed by atoms with Gasteiger partial charge in [-0.3, -0.25) is 4.79 Å². The number of hydrogen-bond acceptors (Lipinski definition) is 5. The number of carboxylic acids is 1. The largest absolute Gasteiger partial charge is 0.478 e. The van der Waals surface area contributed by atoms with Crippen LogP contribution in [-0.2, 0) is 17.6 Å². The van der Waals surface area contributed by atoms with Crippen molar-refractivity contribution in [2.45, 2.75) is 19.8 Å². The number of anilines is 1. The number of carboxylic acid groups (broad SMARTS) is 1. The Morgan fingerprint density at radius 3 is 2.86 bits per heavy atom. The van der Waals surface area contributed by atoms with Gasteiger partial charge in [0.2, 0.25) is 5.91 Å². The summed E-state index contributed by atoms with van der Waals surface area (Å²) in [6.07, 6.45) is 0.793. The van der Waals surface area contributed by atoms with Crippen LogP contribution in [0.5, 0.6) is 0 Å². The smallest absolute Gasteiger partial charge is 0.337 e. The predicted octanol–water partition coefficient (Wildman–Crippen LogP) is 1.83. The molecule has 116 valence electrons. The Morgan fingerprint density at radius 2 is 2.18 bits per heavy atom. The first-order chi connectivity index (χ1) is 10.5. The van der Waals surface area contributed by atoms with E-state index in [9.17, 15) is 14.7 Å². The maximum Gasteiger partial charge on any atom is 0.337 e. The molecule has 0 fully saturated rings. The van der Waals surface area contributed by atoms with Gasteiger partial charge in [-0.15, -0.1) is 11.3 Å². The third-order valence-electron chi connectivity index (χ3n) is 2.98. The second-order valence-corrected chi connectivity index (χ2v) is 5.79. The topological polar surface area (TPSA) is 105 Å². The van der Waals surface area contributed by atoms with Crippen LogP contribution in [0.3, 0.4) is 0 Å². The Morgan fingerprint density at radius 1 is 1.41 bits per heavy atom. The monoisotopic (exact) mass is 319 g/mol. The van der Waals surface area contributed by atoms with Gasteiger partial charge in [-0.2, -0.15) is 0 Å². The summed E-state index contributed by atoms with van der Waals surface area (Å²) in [6.45, 7) is 2.32. The summed E-state index contributed by atoms with van der Waals surface area (Å²) in [5, 5.41) is 14.5. The van der Waals surface area contributed by atoms with Crippen molar-refractivity contribution in [1.82, 2.24) is 4.98 Å². The van der Waals surface area contributed by atoms with Crippen LogP contribution >= 0.6 is 11.3 Å². The minimum atomic E-state index is -1.07. The number of hydrogen-bond donors (Lipinski definition) is 3. The van der Waals surface area contributed by atoms with Gasteiger partial charge in [-0.05, 0) is 25.6 Å². The van der Waals surface area contributed by atoms with Gasteiger partial charge in [-0.25, -0.2) is 9.78 Å². The number of carbonyl (C=O) groups excluding carboxylic acids is 1. The number of carbonyl (C=O) groups is 2. The lowest BCUT2D eigenvalue weighted by Crippen LogP contribution is -2.17. The molecule has 4 N–H and O–H groups in total. The van der Waals surface area contributed by atoms with E-state index in [1.807, 2.05) is 5.38 Å². The molecule has 1 amide bonds. The zero-order valence-electron chi connectivity index (χ0n) is 12.1. The second-order valence-electron chi connectivity index (χ2n) is 4.85. The number of nitrogens with one attached hydrogen (secondary N) is 1. The molecule has 0 aliphatic rings. The Kier molecular flexibility index (Phi) is 5.24. The van der Waals surface area contributed by atoms with Crippen molar-refractivity contribution < 1.29 is 14.7 Å². The average molecular weight is 319 g/mol. The molecule has 0 aliphatic heterocycles. The van der Waals surface area contributed by atoms with Crippen LogP contribution in [0.4, 0.5) is 5.69 Å². The fraction of sp³-hybridized carbons (Fsp3) is 0.267. The maximum absolute atomic E-state index is 12.0. The van der Waals surface area contributed by atoms with E-state index in [4.69, 9.17) is 5.73 Å². The molecule has 22 heavy (non-hydrogen) atoms. The molecule has 2 aromatic rings. The fourth-order valence-corrected chi connectivity index (χ4v) is 2.79. The van der Waals surface area contributed by atoms with Crippen molar-refractivity contribution >= 4 is 28.9 Å². The van der Waals surface area contributed by atoms with E-state index in [0.717, 1.165) is 10.6 Å². The van der Waals surface area contributed by atoms with Gasteiger partial charge in [0.05, 0.1) is 28.4 Å². The quantitative estimate of drug-likeness (QED) is 0.753. The minimum absolute atomic E-state index is 0.0791. The number of aromatic carboxylic acids is 1. The number of amides is 1. The van der Waals surface area contributed by atoms with Gasteiger partial charge in [-0.1, -0.05) is 11.6 Å². The summed E-state index contributed by atoms with van der Waals surface area (Å²) in [4.78, 5) is 27.6. The number of benzene rings is 1. The third-order valence-corrected chi connectivity index (χ3v) is 3.94. The van der Waals surface area contributed by atoms with Crippen molar-refractivity contribution in [3.63, 3.8) is 0 Å². The minimum Gasteiger partial charge on any atom is -0.478 e. The lowest BCUT2D eigenvalue weighted by atomic mass is 10.1. The van der Waals surface area contributed by atoms with Gasteiger partial charge in [0.15, 0.2) is 0 Å². The van der Waals surface area contributed by atoms with Gasteiger partial charge in [0, 0.05) is 11.8 Å². The van der Waals surface area contributed by atoms with Crippen molar-refractivity contribution in [3.8, 4) is 0 Å². The van der Waals surface area contributed by atoms with E-state index in [1.54, 1.807) is 19.1 Å². The zero-order valence-corrected chi connectivity index (χ0v) is 12.9. The van der Waals surface area contributed by atoms with Crippen LogP contribution in [0.2, 0.25) is 0 Å². The Balaban J connectivity index is 2.07. The molecule has 1 heterocycles. The molecular weight excluding hydrogens is 302 g/mol. The molecule has 6 nitrogen and oxygen atoms in total. The van der Waals surface area contributed by atoms with Crippen LogP contribution in [0.15, 0.2) is 23.6 Å². The van der Waals surface area contributed by atoms with Crippen molar-refractivity contribution in [3.05, 3.63) is 45.4 Å². The van der Waals surface area contributed by atoms with Crippen LogP contribution in [0.25, 0.3) is 0 Å². The molecule has 1 aromatic heterocycles. The first kappa shape index (κ1) is 16.1. The summed E-state index contributed by atoms with van der Waals surface area (Å²) in [5.41, 5.74) is 7.32. The second kappa shape index (κ2) is 7.15.